The van der Waals surface area contributed by atoms with Crippen molar-refractivity contribution in [2.75, 3.05) is 6.79 Å². The summed E-state index contributed by atoms with van der Waals surface area (Å²) in [6, 6.07) is 12.3. The predicted molar refractivity (Wildman–Crippen MR) is 71.6 cm³/mol. The van der Waals surface area contributed by atoms with Crippen molar-refractivity contribution in [2.45, 2.75) is 0 Å². The molecule has 0 atom stereocenters. The van der Waals surface area contributed by atoms with Crippen LogP contribution in [-0.2, 0) is 0 Å². The highest BCUT2D eigenvalue weighted by molar-refractivity contribution is 5.99. The van der Waals surface area contributed by atoms with Crippen molar-refractivity contribution in [3.05, 3.63) is 48.0 Å². The lowest BCUT2D eigenvalue weighted by Crippen LogP contribution is -2.14. The summed E-state index contributed by atoms with van der Waals surface area (Å²) in [5.74, 6) is 2.36. The maximum absolute atomic E-state index is 8.78. The standard InChI is InChI=1S/C14H12N2O4/c15-14(16-17)10-3-1-2-4-11(10)20-9-5-6-12-13(7-9)19-8-18-12/h1-7,17H,8H2,(H2,15,16). The van der Waals surface area contributed by atoms with Crippen LogP contribution in [0.15, 0.2) is 47.6 Å². The quantitative estimate of drug-likeness (QED) is 0.387. The van der Waals surface area contributed by atoms with E-state index >= 15 is 0 Å². The third kappa shape index (κ3) is 2.18. The second-order valence-electron chi connectivity index (χ2n) is 4.10. The zero-order valence-electron chi connectivity index (χ0n) is 10.4. The first-order chi connectivity index (χ1) is 9.78. The van der Waals surface area contributed by atoms with Crippen molar-refractivity contribution in [1.82, 2.24) is 0 Å². The molecule has 2 aromatic rings. The van der Waals surface area contributed by atoms with Gasteiger partial charge in [0.15, 0.2) is 17.3 Å². The minimum absolute atomic E-state index is 0.0126. The number of para-hydroxylation sites is 1. The van der Waals surface area contributed by atoms with Gasteiger partial charge in [0.05, 0.1) is 5.56 Å². The van der Waals surface area contributed by atoms with E-state index in [4.69, 9.17) is 25.2 Å². The molecule has 2 aromatic carbocycles. The van der Waals surface area contributed by atoms with Crippen molar-refractivity contribution in [3.63, 3.8) is 0 Å². The van der Waals surface area contributed by atoms with E-state index in [-0.39, 0.29) is 12.6 Å². The van der Waals surface area contributed by atoms with Gasteiger partial charge in [-0.25, -0.2) is 0 Å². The molecule has 0 aliphatic carbocycles. The number of hydrogen-bond donors (Lipinski definition) is 2. The lowest BCUT2D eigenvalue weighted by Gasteiger charge is -2.10. The van der Waals surface area contributed by atoms with Gasteiger partial charge < -0.3 is 25.2 Å². The molecule has 0 saturated carbocycles. The lowest BCUT2D eigenvalue weighted by atomic mass is 10.2. The lowest BCUT2D eigenvalue weighted by molar-refractivity contribution is 0.174. The molecule has 0 fully saturated rings. The van der Waals surface area contributed by atoms with Crippen LogP contribution in [0.4, 0.5) is 0 Å². The molecule has 0 amide bonds. The number of hydrogen-bond acceptors (Lipinski definition) is 5. The normalized spacial score (nSPS) is 13.3. The summed E-state index contributed by atoms with van der Waals surface area (Å²) in [6.07, 6.45) is 0. The molecule has 3 N–H and O–H groups in total. The first-order valence-corrected chi connectivity index (χ1v) is 5.92. The van der Waals surface area contributed by atoms with Crippen molar-refractivity contribution < 1.29 is 19.4 Å². The molecule has 6 heteroatoms. The monoisotopic (exact) mass is 272 g/mol. The molecular formula is C14H12N2O4. The molecule has 102 valence electrons. The fourth-order valence-electron chi connectivity index (χ4n) is 1.89. The molecule has 6 nitrogen and oxygen atoms in total. The third-order valence-electron chi connectivity index (χ3n) is 2.84. The van der Waals surface area contributed by atoms with E-state index in [1.165, 1.54) is 0 Å². The van der Waals surface area contributed by atoms with E-state index in [0.717, 1.165) is 0 Å². The summed E-state index contributed by atoms with van der Waals surface area (Å²) < 4.78 is 16.3. The summed E-state index contributed by atoms with van der Waals surface area (Å²) in [7, 11) is 0. The Balaban J connectivity index is 1.92. The van der Waals surface area contributed by atoms with Crippen molar-refractivity contribution in [3.8, 4) is 23.0 Å². The van der Waals surface area contributed by atoms with Crippen LogP contribution in [0, 0.1) is 0 Å². The topological polar surface area (TPSA) is 86.3 Å². The molecule has 0 spiro atoms. The van der Waals surface area contributed by atoms with Crippen molar-refractivity contribution >= 4 is 5.84 Å². The summed E-state index contributed by atoms with van der Waals surface area (Å²) in [6.45, 7) is 0.208. The zero-order chi connectivity index (χ0) is 13.9. The molecule has 0 saturated heterocycles. The van der Waals surface area contributed by atoms with E-state index in [1.807, 2.05) is 0 Å². The van der Waals surface area contributed by atoms with Crippen LogP contribution < -0.4 is 19.9 Å². The SMILES string of the molecule is N/C(=N\O)c1ccccc1Oc1ccc2c(c1)OCO2. The summed E-state index contributed by atoms with van der Waals surface area (Å²) in [5, 5.41) is 11.8. The second-order valence-corrected chi connectivity index (χ2v) is 4.10. The van der Waals surface area contributed by atoms with Crippen LogP contribution in [0.1, 0.15) is 5.56 Å². The highest BCUT2D eigenvalue weighted by Crippen LogP contribution is 2.37. The molecule has 0 radical (unpaired) electrons. The van der Waals surface area contributed by atoms with Gasteiger partial charge in [0, 0.05) is 6.07 Å². The Hall–Kier alpha value is -2.89. The molecule has 1 aliphatic rings. The number of fused-ring (bicyclic) bond motifs is 1. The predicted octanol–water partition coefficient (Wildman–Crippen LogP) is 2.30. The van der Waals surface area contributed by atoms with E-state index in [1.54, 1.807) is 42.5 Å². The van der Waals surface area contributed by atoms with Gasteiger partial charge in [-0.2, -0.15) is 0 Å². The number of nitrogens with two attached hydrogens (primary N) is 1. The number of ether oxygens (including phenoxy) is 3. The van der Waals surface area contributed by atoms with Crippen LogP contribution in [0.25, 0.3) is 0 Å². The Morgan fingerprint density at radius 3 is 2.80 bits per heavy atom. The summed E-state index contributed by atoms with van der Waals surface area (Å²) in [4.78, 5) is 0. The number of nitrogens with zero attached hydrogens (tertiary/aromatic N) is 1. The molecule has 3 rings (SSSR count). The smallest absolute Gasteiger partial charge is 0.231 e. The first-order valence-electron chi connectivity index (χ1n) is 5.92. The number of benzene rings is 2. The van der Waals surface area contributed by atoms with Gasteiger partial charge in [-0.3, -0.25) is 0 Å². The van der Waals surface area contributed by atoms with Crippen LogP contribution >= 0.6 is 0 Å². The minimum Gasteiger partial charge on any atom is -0.456 e. The second kappa shape index (κ2) is 5.00. The number of rotatable bonds is 3. The van der Waals surface area contributed by atoms with Gasteiger partial charge in [0.2, 0.25) is 6.79 Å². The van der Waals surface area contributed by atoms with Crippen LogP contribution in [0.2, 0.25) is 0 Å². The highest BCUT2D eigenvalue weighted by Gasteiger charge is 2.15. The largest absolute Gasteiger partial charge is 0.456 e. The molecule has 1 aliphatic heterocycles. The maximum atomic E-state index is 8.78. The van der Waals surface area contributed by atoms with E-state index in [0.29, 0.717) is 28.6 Å². The Morgan fingerprint density at radius 2 is 1.95 bits per heavy atom. The van der Waals surface area contributed by atoms with Crippen molar-refractivity contribution in [1.29, 1.82) is 0 Å². The highest BCUT2D eigenvalue weighted by atomic mass is 16.7. The minimum atomic E-state index is -0.0126. The Kier molecular flexibility index (Phi) is 3.04. The van der Waals surface area contributed by atoms with E-state index < -0.39 is 0 Å². The van der Waals surface area contributed by atoms with Crippen LogP contribution in [0.3, 0.4) is 0 Å². The Morgan fingerprint density at radius 1 is 1.15 bits per heavy atom. The fraction of sp³-hybridized carbons (Fsp3) is 0.0714. The molecule has 0 aromatic heterocycles. The van der Waals surface area contributed by atoms with Gasteiger partial charge >= 0.3 is 0 Å². The van der Waals surface area contributed by atoms with Gasteiger partial charge in [-0.15, -0.1) is 0 Å². The van der Waals surface area contributed by atoms with Gasteiger partial charge in [0.25, 0.3) is 0 Å². The average molecular weight is 272 g/mol. The summed E-state index contributed by atoms with van der Waals surface area (Å²) >= 11 is 0. The van der Waals surface area contributed by atoms with Gasteiger partial charge in [0.1, 0.15) is 11.5 Å². The maximum Gasteiger partial charge on any atom is 0.231 e. The fourth-order valence-corrected chi connectivity index (χ4v) is 1.89. The Labute approximate surface area is 115 Å². The first kappa shape index (κ1) is 12.2. The molecule has 0 bridgehead atoms. The summed E-state index contributed by atoms with van der Waals surface area (Å²) in [5.41, 5.74) is 6.12. The van der Waals surface area contributed by atoms with E-state index in [2.05, 4.69) is 5.16 Å². The third-order valence-corrected chi connectivity index (χ3v) is 2.84. The van der Waals surface area contributed by atoms with Crippen LogP contribution in [-0.4, -0.2) is 17.8 Å². The molecule has 20 heavy (non-hydrogen) atoms. The zero-order valence-corrected chi connectivity index (χ0v) is 10.4. The van der Waals surface area contributed by atoms with Crippen LogP contribution in [0.5, 0.6) is 23.0 Å². The number of amidine groups is 1. The average Bonchev–Trinajstić information content (AvgIpc) is 2.94. The van der Waals surface area contributed by atoms with Gasteiger partial charge in [-0.05, 0) is 24.3 Å². The molecular weight excluding hydrogens is 260 g/mol. The molecule has 1 heterocycles. The Bertz CT molecular complexity index is 670. The van der Waals surface area contributed by atoms with E-state index in [9.17, 15) is 0 Å². The van der Waals surface area contributed by atoms with Crippen molar-refractivity contribution in [2.24, 2.45) is 10.9 Å². The number of oxime groups is 1. The molecule has 0 unspecified atom stereocenters. The van der Waals surface area contributed by atoms with Gasteiger partial charge in [-0.1, -0.05) is 17.3 Å².